The third-order valence-corrected chi connectivity index (χ3v) is 7.27. The number of nitrogens with zero attached hydrogens (tertiary/aromatic N) is 4. The molecular formula is C25H29FN4OS. The quantitative estimate of drug-likeness (QED) is 0.500. The highest BCUT2D eigenvalue weighted by Crippen LogP contribution is 2.37. The second kappa shape index (κ2) is 9.57. The van der Waals surface area contributed by atoms with E-state index in [-0.39, 0.29) is 5.82 Å². The zero-order valence-electron chi connectivity index (χ0n) is 18.5. The number of para-hydroxylation sites is 1. The number of halogens is 1. The summed E-state index contributed by atoms with van der Waals surface area (Å²) in [7, 11) is 0. The molecule has 0 saturated carbocycles. The molecule has 3 heterocycles. The number of benzene rings is 2. The first-order chi connectivity index (χ1) is 15.7. The van der Waals surface area contributed by atoms with Gasteiger partial charge in [0.05, 0.1) is 36.5 Å². The summed E-state index contributed by atoms with van der Waals surface area (Å²) in [6.45, 7) is 8.59. The van der Waals surface area contributed by atoms with Gasteiger partial charge in [0.25, 0.3) is 0 Å². The van der Waals surface area contributed by atoms with Gasteiger partial charge in [0.2, 0.25) is 5.13 Å². The molecule has 0 N–H and O–H groups in total. The van der Waals surface area contributed by atoms with E-state index in [0.29, 0.717) is 6.54 Å². The summed E-state index contributed by atoms with van der Waals surface area (Å²) in [6.07, 6.45) is 2.13. The summed E-state index contributed by atoms with van der Waals surface area (Å²) in [5.74, 6) is -0.198. The van der Waals surface area contributed by atoms with Crippen LogP contribution in [0.25, 0.3) is 10.2 Å². The van der Waals surface area contributed by atoms with E-state index in [1.165, 1.54) is 16.0 Å². The highest BCUT2D eigenvalue weighted by Gasteiger charge is 2.30. The lowest BCUT2D eigenvalue weighted by Crippen LogP contribution is -2.38. The molecule has 2 aliphatic heterocycles. The summed E-state index contributed by atoms with van der Waals surface area (Å²) in [4.78, 5) is 7.41. The smallest absolute Gasteiger partial charge is 0.205 e. The molecular weight excluding hydrogens is 423 g/mol. The van der Waals surface area contributed by atoms with Crippen LogP contribution in [-0.4, -0.2) is 54.3 Å². The molecule has 0 radical (unpaired) electrons. The summed E-state index contributed by atoms with van der Waals surface area (Å²) in [5.41, 5.74) is 4.88. The van der Waals surface area contributed by atoms with Crippen molar-refractivity contribution in [1.29, 1.82) is 0 Å². The minimum Gasteiger partial charge on any atom is -0.379 e. The number of aromatic nitrogens is 1. The van der Waals surface area contributed by atoms with Crippen LogP contribution in [0.15, 0.2) is 59.8 Å². The van der Waals surface area contributed by atoms with E-state index in [4.69, 9.17) is 9.72 Å². The van der Waals surface area contributed by atoms with Gasteiger partial charge < -0.3 is 4.74 Å². The van der Waals surface area contributed by atoms with E-state index in [9.17, 15) is 4.39 Å². The second-order valence-electron chi connectivity index (χ2n) is 8.49. The number of hydrogen-bond acceptors (Lipinski definition) is 6. The van der Waals surface area contributed by atoms with Crippen LogP contribution >= 0.6 is 11.3 Å². The number of thiazole rings is 1. The molecule has 1 fully saturated rings. The minimum absolute atomic E-state index is 0.198. The molecule has 0 aliphatic carbocycles. The molecule has 0 bridgehead atoms. The van der Waals surface area contributed by atoms with Gasteiger partial charge >= 0.3 is 0 Å². The van der Waals surface area contributed by atoms with E-state index in [2.05, 4.69) is 40.0 Å². The summed E-state index contributed by atoms with van der Waals surface area (Å²) in [6, 6.07) is 15.1. The molecule has 5 rings (SSSR count). The molecule has 7 heteroatoms. The number of hydrogen-bond donors (Lipinski definition) is 0. The Morgan fingerprint density at radius 1 is 1.06 bits per heavy atom. The second-order valence-corrected chi connectivity index (χ2v) is 9.50. The monoisotopic (exact) mass is 452 g/mol. The summed E-state index contributed by atoms with van der Waals surface area (Å²) in [5, 5.41) is 5.67. The van der Waals surface area contributed by atoms with Gasteiger partial charge in [-0.1, -0.05) is 35.6 Å². The fraction of sp³-hybridized carbons (Fsp3) is 0.400. The van der Waals surface area contributed by atoms with Gasteiger partial charge in [-0.2, -0.15) is 0 Å². The Hall–Kier alpha value is -2.48. The maximum Gasteiger partial charge on any atom is 0.205 e. The predicted octanol–water partition coefficient (Wildman–Crippen LogP) is 5.06. The van der Waals surface area contributed by atoms with Crippen LogP contribution in [0.5, 0.6) is 0 Å². The van der Waals surface area contributed by atoms with Crippen molar-refractivity contribution in [2.75, 3.05) is 44.4 Å². The zero-order valence-corrected chi connectivity index (χ0v) is 19.3. The Morgan fingerprint density at radius 3 is 2.62 bits per heavy atom. The molecule has 5 nitrogen and oxygen atoms in total. The molecule has 0 amide bonds. The number of rotatable bonds is 7. The normalized spacial score (nSPS) is 17.7. The number of fused-ring (bicyclic) bond motifs is 1. The lowest BCUT2D eigenvalue weighted by Gasteiger charge is -2.33. The third-order valence-electron chi connectivity index (χ3n) is 6.22. The lowest BCUT2D eigenvalue weighted by atomic mass is 10.1. The largest absolute Gasteiger partial charge is 0.379 e. The van der Waals surface area contributed by atoms with Gasteiger partial charge in [-0.15, -0.1) is 0 Å². The first kappa shape index (κ1) is 21.4. The van der Waals surface area contributed by atoms with Crippen molar-refractivity contribution in [2.45, 2.75) is 26.3 Å². The van der Waals surface area contributed by atoms with E-state index < -0.39 is 0 Å². The molecule has 0 spiro atoms. The van der Waals surface area contributed by atoms with E-state index in [0.717, 1.165) is 68.4 Å². The fourth-order valence-electron chi connectivity index (χ4n) is 4.49. The molecule has 32 heavy (non-hydrogen) atoms. The van der Waals surface area contributed by atoms with Crippen molar-refractivity contribution in [3.05, 3.63) is 71.2 Å². The van der Waals surface area contributed by atoms with Gasteiger partial charge in [-0.25, -0.2) is 9.37 Å². The van der Waals surface area contributed by atoms with Crippen molar-refractivity contribution >= 4 is 26.7 Å². The predicted molar refractivity (Wildman–Crippen MR) is 128 cm³/mol. The van der Waals surface area contributed by atoms with E-state index in [1.54, 1.807) is 23.5 Å². The average molecular weight is 453 g/mol. The van der Waals surface area contributed by atoms with Crippen molar-refractivity contribution < 1.29 is 9.13 Å². The number of hydrazine groups is 1. The van der Waals surface area contributed by atoms with Crippen LogP contribution in [0.3, 0.4) is 0 Å². The Kier molecular flexibility index (Phi) is 6.39. The molecule has 0 atom stereocenters. The standard InChI is InChI=1S/C25H29FN4OS/c1-19-17-30(25-27-22-5-2-3-7-24(22)32-25)29(18-20-8-10-21(26)11-9-20)23(19)6-4-12-28-13-15-31-16-14-28/h2-3,5,7-11H,4,6,12-18H2,1H3. The highest BCUT2D eigenvalue weighted by atomic mass is 32.1. The number of ether oxygens (including phenoxy) is 1. The van der Waals surface area contributed by atoms with Gasteiger partial charge in [0.15, 0.2) is 0 Å². The van der Waals surface area contributed by atoms with Crippen molar-refractivity contribution in [2.24, 2.45) is 0 Å². The van der Waals surface area contributed by atoms with Crippen LogP contribution < -0.4 is 5.01 Å². The Morgan fingerprint density at radius 2 is 1.84 bits per heavy atom. The van der Waals surface area contributed by atoms with Gasteiger partial charge in [-0.05, 0) is 61.7 Å². The third kappa shape index (κ3) is 4.65. The molecule has 0 unspecified atom stereocenters. The van der Waals surface area contributed by atoms with Crippen LogP contribution in [-0.2, 0) is 11.3 Å². The maximum atomic E-state index is 13.5. The highest BCUT2D eigenvalue weighted by molar-refractivity contribution is 7.22. The molecule has 2 aliphatic rings. The lowest BCUT2D eigenvalue weighted by molar-refractivity contribution is 0.0372. The van der Waals surface area contributed by atoms with Crippen LogP contribution in [0.1, 0.15) is 25.3 Å². The van der Waals surface area contributed by atoms with Crippen molar-refractivity contribution in [3.8, 4) is 0 Å². The SMILES string of the molecule is CC1=C(CCCN2CCOCC2)N(Cc2ccc(F)cc2)N(c2nc3ccccc3s2)C1. The Labute approximate surface area is 192 Å². The number of allylic oxidation sites excluding steroid dienone is 1. The minimum atomic E-state index is -0.198. The Bertz CT molecular complexity index is 1060. The fourth-order valence-corrected chi connectivity index (χ4v) is 5.46. The zero-order chi connectivity index (χ0) is 21.9. The molecule has 1 aromatic heterocycles. The summed E-state index contributed by atoms with van der Waals surface area (Å²) >= 11 is 1.73. The molecule has 168 valence electrons. The van der Waals surface area contributed by atoms with E-state index >= 15 is 0 Å². The first-order valence-corrected chi connectivity index (χ1v) is 12.1. The summed E-state index contributed by atoms with van der Waals surface area (Å²) < 4.78 is 20.2. The van der Waals surface area contributed by atoms with Crippen LogP contribution in [0.2, 0.25) is 0 Å². The van der Waals surface area contributed by atoms with Gasteiger partial charge in [-0.3, -0.25) is 14.9 Å². The topological polar surface area (TPSA) is 31.8 Å². The van der Waals surface area contributed by atoms with Crippen molar-refractivity contribution in [1.82, 2.24) is 14.9 Å². The van der Waals surface area contributed by atoms with Crippen molar-refractivity contribution in [3.63, 3.8) is 0 Å². The first-order valence-electron chi connectivity index (χ1n) is 11.3. The maximum absolute atomic E-state index is 13.5. The van der Waals surface area contributed by atoms with Crippen LogP contribution in [0.4, 0.5) is 9.52 Å². The molecule has 3 aromatic rings. The number of morpholine rings is 1. The average Bonchev–Trinajstić information content (AvgIpc) is 3.37. The molecule has 1 saturated heterocycles. The van der Waals surface area contributed by atoms with E-state index in [1.807, 2.05) is 18.2 Å². The number of anilines is 1. The molecule has 2 aromatic carbocycles. The Balaban J connectivity index is 1.37. The van der Waals surface area contributed by atoms with Gasteiger partial charge in [0.1, 0.15) is 5.82 Å². The van der Waals surface area contributed by atoms with Gasteiger partial charge in [0, 0.05) is 18.8 Å². The van der Waals surface area contributed by atoms with Crippen LogP contribution in [0, 0.1) is 5.82 Å².